The largest absolute Gasteiger partial charge is 0.467 e. The molecule has 0 spiro atoms. The molecule has 8 nitrogen and oxygen atoms in total. The van der Waals surface area contributed by atoms with Crippen LogP contribution in [0.25, 0.3) is 6.08 Å². The van der Waals surface area contributed by atoms with Crippen molar-refractivity contribution in [1.29, 1.82) is 0 Å². The quantitative estimate of drug-likeness (QED) is 0.517. The van der Waals surface area contributed by atoms with Crippen LogP contribution in [0.15, 0.2) is 18.2 Å². The molecule has 28 heavy (non-hydrogen) atoms. The maximum atomic E-state index is 12.0. The predicted molar refractivity (Wildman–Crippen MR) is 101 cm³/mol. The molecule has 1 amide bonds. The molecule has 2 rings (SSSR count). The smallest absolute Gasteiger partial charge is 0.331 e. The second-order valence-electron chi connectivity index (χ2n) is 6.13. The van der Waals surface area contributed by atoms with Crippen LogP contribution < -0.4 is 14.8 Å². The number of hydrogen-bond acceptors (Lipinski definition) is 7. The van der Waals surface area contributed by atoms with Gasteiger partial charge in [-0.25, -0.2) is 9.59 Å². The van der Waals surface area contributed by atoms with E-state index in [1.165, 1.54) is 13.2 Å². The van der Waals surface area contributed by atoms with Crippen molar-refractivity contribution in [1.82, 2.24) is 5.32 Å². The van der Waals surface area contributed by atoms with Crippen molar-refractivity contribution < 1.29 is 33.3 Å². The van der Waals surface area contributed by atoms with Crippen LogP contribution in [0.4, 0.5) is 0 Å². The number of carbonyl (C=O) groups excluding carboxylic acids is 3. The lowest BCUT2D eigenvalue weighted by atomic mass is 9.99. The monoisotopic (exact) mass is 411 g/mol. The van der Waals surface area contributed by atoms with Gasteiger partial charge in [0, 0.05) is 6.08 Å². The highest BCUT2D eigenvalue weighted by Crippen LogP contribution is 2.40. The van der Waals surface area contributed by atoms with Gasteiger partial charge in [-0.3, -0.25) is 4.79 Å². The van der Waals surface area contributed by atoms with Crippen LogP contribution in [0.2, 0.25) is 5.02 Å². The molecule has 0 radical (unpaired) electrons. The average molecular weight is 412 g/mol. The number of halogens is 1. The first-order chi connectivity index (χ1) is 13.3. The Morgan fingerprint density at radius 3 is 2.75 bits per heavy atom. The summed E-state index contributed by atoms with van der Waals surface area (Å²) < 4.78 is 20.0. The zero-order chi connectivity index (χ0) is 20.7. The Morgan fingerprint density at radius 1 is 1.32 bits per heavy atom. The first-order valence-corrected chi connectivity index (χ1v) is 9.04. The average Bonchev–Trinajstić information content (AvgIpc) is 3.17. The Hall–Kier alpha value is -2.74. The van der Waals surface area contributed by atoms with E-state index in [9.17, 15) is 14.4 Å². The van der Waals surface area contributed by atoms with Crippen molar-refractivity contribution >= 4 is 35.5 Å². The molecule has 0 saturated heterocycles. The minimum absolute atomic E-state index is 0.0859. The number of nitrogens with one attached hydrogen (secondary N) is 1. The van der Waals surface area contributed by atoms with Gasteiger partial charge in [0.15, 0.2) is 18.1 Å². The van der Waals surface area contributed by atoms with Gasteiger partial charge in [-0.2, -0.15) is 0 Å². The maximum absolute atomic E-state index is 12.0. The highest BCUT2D eigenvalue weighted by molar-refractivity contribution is 6.32. The molecule has 1 N–H and O–H groups in total. The van der Waals surface area contributed by atoms with Crippen molar-refractivity contribution in [2.24, 2.45) is 5.92 Å². The van der Waals surface area contributed by atoms with Crippen LogP contribution in [0.1, 0.15) is 25.8 Å². The summed E-state index contributed by atoms with van der Waals surface area (Å²) in [6.07, 6.45) is 3.30. The number of rotatable bonds is 8. The Balaban J connectivity index is 1.88. The summed E-state index contributed by atoms with van der Waals surface area (Å²) in [5, 5.41) is 2.88. The van der Waals surface area contributed by atoms with Crippen molar-refractivity contribution in [2.75, 3.05) is 20.5 Å². The molecule has 0 unspecified atom stereocenters. The maximum Gasteiger partial charge on any atom is 0.331 e. The number of carbonyl (C=O) groups is 3. The lowest BCUT2D eigenvalue weighted by molar-refractivity contribution is -0.148. The summed E-state index contributed by atoms with van der Waals surface area (Å²) >= 11 is 6.07. The molecule has 1 aliphatic heterocycles. The molecule has 2 atom stereocenters. The number of hydrogen-bond donors (Lipinski definition) is 1. The van der Waals surface area contributed by atoms with E-state index in [2.05, 4.69) is 10.1 Å². The van der Waals surface area contributed by atoms with Gasteiger partial charge in [0.2, 0.25) is 6.79 Å². The summed E-state index contributed by atoms with van der Waals surface area (Å²) in [6, 6.07) is 2.48. The highest BCUT2D eigenvalue weighted by atomic mass is 35.5. The standard InChI is InChI=1S/C19H22ClNO7/c1-4-11(2)17(19(24)25-3)21-15(22)9-26-16(23)6-5-12-7-13(20)18-14(8-12)27-10-28-18/h5-8,11,17H,4,9-10H2,1-3H3,(H,21,22)/b6-5+/t11-,17+/m1/s1. The van der Waals surface area contributed by atoms with Crippen molar-refractivity contribution in [2.45, 2.75) is 26.3 Å². The third-order valence-corrected chi connectivity index (χ3v) is 4.47. The van der Waals surface area contributed by atoms with Crippen LogP contribution in [0, 0.1) is 5.92 Å². The van der Waals surface area contributed by atoms with E-state index in [-0.39, 0.29) is 12.7 Å². The zero-order valence-corrected chi connectivity index (χ0v) is 16.6. The Bertz CT molecular complexity index is 778. The number of esters is 2. The Labute approximate surface area is 167 Å². The molecule has 9 heteroatoms. The predicted octanol–water partition coefficient (Wildman–Crippen LogP) is 2.33. The number of amides is 1. The molecular formula is C19H22ClNO7. The van der Waals surface area contributed by atoms with E-state index >= 15 is 0 Å². The second kappa shape index (κ2) is 9.98. The van der Waals surface area contributed by atoms with E-state index < -0.39 is 30.5 Å². The van der Waals surface area contributed by atoms with E-state index in [4.69, 9.17) is 25.8 Å². The summed E-state index contributed by atoms with van der Waals surface area (Å²) in [7, 11) is 1.25. The molecule has 1 heterocycles. The first-order valence-electron chi connectivity index (χ1n) is 8.66. The second-order valence-corrected chi connectivity index (χ2v) is 6.54. The van der Waals surface area contributed by atoms with E-state index in [0.717, 1.165) is 6.08 Å². The summed E-state index contributed by atoms with van der Waals surface area (Å²) in [4.78, 5) is 35.6. The highest BCUT2D eigenvalue weighted by Gasteiger charge is 2.26. The molecule has 1 aliphatic rings. The van der Waals surface area contributed by atoms with E-state index in [1.54, 1.807) is 12.1 Å². The Kier molecular flexibility index (Phi) is 7.69. The molecule has 152 valence electrons. The number of fused-ring (bicyclic) bond motifs is 1. The number of ether oxygens (including phenoxy) is 4. The number of methoxy groups -OCH3 is 1. The topological polar surface area (TPSA) is 100 Å². The SMILES string of the molecule is CC[C@@H](C)[C@H](NC(=O)COC(=O)/C=C/c1cc(Cl)c2c(c1)OCO2)C(=O)OC. The van der Waals surface area contributed by atoms with Gasteiger partial charge in [0.1, 0.15) is 6.04 Å². The molecule has 0 saturated carbocycles. The summed E-state index contributed by atoms with van der Waals surface area (Å²) in [5.41, 5.74) is 0.609. The van der Waals surface area contributed by atoms with Gasteiger partial charge in [0.05, 0.1) is 12.1 Å². The fourth-order valence-electron chi connectivity index (χ4n) is 2.44. The molecule has 1 aromatic rings. The minimum atomic E-state index is -0.799. The van der Waals surface area contributed by atoms with Gasteiger partial charge in [-0.05, 0) is 29.7 Å². The fraction of sp³-hybridized carbons (Fsp3) is 0.421. The van der Waals surface area contributed by atoms with Gasteiger partial charge in [0.25, 0.3) is 5.91 Å². The van der Waals surface area contributed by atoms with Crippen LogP contribution in [0.5, 0.6) is 11.5 Å². The lowest BCUT2D eigenvalue weighted by Gasteiger charge is -2.21. The van der Waals surface area contributed by atoms with Gasteiger partial charge >= 0.3 is 11.9 Å². The van der Waals surface area contributed by atoms with Crippen LogP contribution >= 0.6 is 11.6 Å². The summed E-state index contributed by atoms with van der Waals surface area (Å²) in [6.45, 7) is 3.27. The van der Waals surface area contributed by atoms with Crippen molar-refractivity contribution in [3.05, 3.63) is 28.8 Å². The van der Waals surface area contributed by atoms with E-state index in [1.807, 2.05) is 13.8 Å². The van der Waals surface area contributed by atoms with Crippen LogP contribution in [-0.2, 0) is 23.9 Å². The van der Waals surface area contributed by atoms with Crippen LogP contribution in [0.3, 0.4) is 0 Å². The Morgan fingerprint density at radius 2 is 2.07 bits per heavy atom. The van der Waals surface area contributed by atoms with E-state index in [0.29, 0.717) is 28.5 Å². The normalized spacial score (nSPS) is 14.4. The third-order valence-electron chi connectivity index (χ3n) is 4.19. The first kappa shape index (κ1) is 21.6. The molecule has 0 fully saturated rings. The third kappa shape index (κ3) is 5.63. The minimum Gasteiger partial charge on any atom is -0.467 e. The van der Waals surface area contributed by atoms with Gasteiger partial charge in [-0.1, -0.05) is 31.9 Å². The van der Waals surface area contributed by atoms with Crippen molar-refractivity contribution in [3.8, 4) is 11.5 Å². The number of benzene rings is 1. The van der Waals surface area contributed by atoms with Gasteiger partial charge < -0.3 is 24.3 Å². The molecule has 0 aromatic heterocycles. The van der Waals surface area contributed by atoms with Gasteiger partial charge in [-0.15, -0.1) is 0 Å². The molecule has 1 aromatic carbocycles. The fourth-order valence-corrected chi connectivity index (χ4v) is 2.72. The van der Waals surface area contributed by atoms with Crippen molar-refractivity contribution in [3.63, 3.8) is 0 Å². The summed E-state index contributed by atoms with van der Waals surface area (Å²) in [5.74, 6) is -1.04. The zero-order valence-electron chi connectivity index (χ0n) is 15.8. The molecular weight excluding hydrogens is 390 g/mol. The van der Waals surface area contributed by atoms with Crippen LogP contribution in [-0.4, -0.2) is 44.4 Å². The lowest BCUT2D eigenvalue weighted by Crippen LogP contribution is -2.47. The molecule has 0 aliphatic carbocycles. The molecule has 0 bridgehead atoms.